The van der Waals surface area contributed by atoms with Crippen LogP contribution in [0, 0.1) is 10.1 Å². The summed E-state index contributed by atoms with van der Waals surface area (Å²) in [6.45, 7) is 0. The molecule has 3 aromatic carbocycles. The first-order valence-corrected chi connectivity index (χ1v) is 6.20. The van der Waals surface area contributed by atoms with Crippen molar-refractivity contribution >= 4 is 27.8 Å². The van der Waals surface area contributed by atoms with Crippen molar-refractivity contribution < 1.29 is 15.5 Å². The lowest BCUT2D eigenvalue weighted by Crippen LogP contribution is -1.85. The van der Waals surface area contributed by atoms with Crippen LogP contribution in [0.15, 0.2) is 70.8 Å². The van der Waals surface area contributed by atoms with E-state index in [9.17, 15) is 15.2 Å². The van der Waals surface area contributed by atoms with Crippen LogP contribution in [-0.4, -0.2) is 10.0 Å². The summed E-state index contributed by atoms with van der Waals surface area (Å²) in [7, 11) is 0. The number of nitro groups is 1. The summed E-state index contributed by atoms with van der Waals surface area (Å²) < 4.78 is 31.0. The predicted octanol–water partition coefficient (Wildman–Crippen LogP) is 4.87. The van der Waals surface area contributed by atoms with Gasteiger partial charge in [-0.15, -0.1) is 5.11 Å². The maximum absolute atomic E-state index is 10.9. The standard InChI is InChI=1S/C16H11N3O3/c20-15-10-5-11-3-1-2-4-14(11)16(15)18-17-12-6-8-13(9-7-12)19(21)22/h1-10,20H/i6D,7D,8D,9D. The van der Waals surface area contributed by atoms with Gasteiger partial charge >= 0.3 is 0 Å². The number of phenols is 1. The molecule has 0 saturated carbocycles. The quantitative estimate of drug-likeness (QED) is 0.425. The van der Waals surface area contributed by atoms with E-state index in [2.05, 4.69) is 10.2 Å². The number of nitrogens with zero attached hydrogens (tertiary/aromatic N) is 3. The number of rotatable bonds is 3. The Bertz CT molecular complexity index is 1060. The summed E-state index contributed by atoms with van der Waals surface area (Å²) in [5.41, 5.74) is -1.27. The predicted molar refractivity (Wildman–Crippen MR) is 82.9 cm³/mol. The molecule has 0 aliphatic heterocycles. The van der Waals surface area contributed by atoms with E-state index in [0.717, 1.165) is 5.39 Å². The highest BCUT2D eigenvalue weighted by molar-refractivity contribution is 5.95. The molecule has 0 aliphatic carbocycles. The Labute approximate surface area is 131 Å². The number of benzene rings is 3. The van der Waals surface area contributed by atoms with Crippen molar-refractivity contribution in [3.8, 4) is 5.75 Å². The Balaban J connectivity index is 2.19. The molecule has 1 N–H and O–H groups in total. The van der Waals surface area contributed by atoms with Crippen molar-refractivity contribution in [1.82, 2.24) is 0 Å². The molecule has 0 aliphatic rings. The van der Waals surface area contributed by atoms with Gasteiger partial charge in [0.2, 0.25) is 0 Å². The number of azo groups is 1. The van der Waals surface area contributed by atoms with Crippen LogP contribution in [0.4, 0.5) is 17.1 Å². The third-order valence-electron chi connectivity index (χ3n) is 2.91. The van der Waals surface area contributed by atoms with Crippen LogP contribution < -0.4 is 0 Å². The second-order valence-electron chi connectivity index (χ2n) is 4.31. The van der Waals surface area contributed by atoms with Crippen molar-refractivity contribution in [2.45, 2.75) is 0 Å². The van der Waals surface area contributed by atoms with Gasteiger partial charge in [0, 0.05) is 17.5 Å². The molecule has 0 unspecified atom stereocenters. The average Bonchev–Trinajstić information content (AvgIpc) is 2.61. The molecule has 0 heterocycles. The molecular formula is C16H11N3O3. The zero-order valence-electron chi connectivity index (χ0n) is 15.1. The summed E-state index contributed by atoms with van der Waals surface area (Å²) in [4.78, 5) is 9.97. The van der Waals surface area contributed by atoms with E-state index in [-0.39, 0.29) is 11.4 Å². The highest BCUT2D eigenvalue weighted by atomic mass is 16.6. The topological polar surface area (TPSA) is 88.1 Å². The van der Waals surface area contributed by atoms with Crippen molar-refractivity contribution in [3.05, 3.63) is 70.7 Å². The summed E-state index contributed by atoms with van der Waals surface area (Å²) in [6.07, 6.45) is 0. The normalized spacial score (nSPS) is 13.6. The molecular weight excluding hydrogens is 282 g/mol. The molecule has 0 saturated heterocycles. The van der Waals surface area contributed by atoms with Gasteiger partial charge < -0.3 is 5.11 Å². The molecule has 108 valence electrons. The van der Waals surface area contributed by atoms with Crippen molar-refractivity contribution in [3.63, 3.8) is 0 Å². The average molecular weight is 297 g/mol. The van der Waals surface area contributed by atoms with Crippen molar-refractivity contribution in [1.29, 1.82) is 0 Å². The molecule has 6 heteroatoms. The van der Waals surface area contributed by atoms with Gasteiger partial charge in [-0.05, 0) is 23.5 Å². The van der Waals surface area contributed by atoms with Crippen LogP contribution in [0.3, 0.4) is 0 Å². The molecule has 0 atom stereocenters. The fourth-order valence-electron chi connectivity index (χ4n) is 1.89. The van der Waals surface area contributed by atoms with Crippen LogP contribution in [0.2, 0.25) is 0 Å². The largest absolute Gasteiger partial charge is 0.506 e. The third-order valence-corrected chi connectivity index (χ3v) is 2.91. The number of nitro benzene ring substituents is 1. The van der Waals surface area contributed by atoms with E-state index < -0.39 is 40.5 Å². The van der Waals surface area contributed by atoms with E-state index in [1.165, 1.54) is 6.07 Å². The van der Waals surface area contributed by atoms with Crippen LogP contribution in [0.25, 0.3) is 10.8 Å². The zero-order valence-corrected chi connectivity index (χ0v) is 11.1. The Morgan fingerprint density at radius 3 is 2.50 bits per heavy atom. The molecule has 3 aromatic rings. The molecule has 0 bridgehead atoms. The molecule has 0 spiro atoms. The SMILES string of the molecule is [2H]c1c([2H])c([N+](=O)[O-])c([2H])c([2H])c1N=Nc1c(O)ccc2ccccc12. The first-order chi connectivity index (χ1) is 12.3. The summed E-state index contributed by atoms with van der Waals surface area (Å²) >= 11 is 0. The second-order valence-corrected chi connectivity index (χ2v) is 4.31. The summed E-state index contributed by atoms with van der Waals surface area (Å²) in [5.74, 6) is -0.176. The van der Waals surface area contributed by atoms with Gasteiger partial charge in [0.25, 0.3) is 5.69 Å². The molecule has 3 rings (SSSR count). The number of fused-ring (bicyclic) bond motifs is 1. The third kappa shape index (κ3) is 2.62. The van der Waals surface area contributed by atoms with Gasteiger partial charge in [0.15, 0.2) is 0 Å². The monoisotopic (exact) mass is 297 g/mol. The number of hydrogen-bond donors (Lipinski definition) is 1. The van der Waals surface area contributed by atoms with Crippen LogP contribution in [0.1, 0.15) is 5.48 Å². The summed E-state index contributed by atoms with van der Waals surface area (Å²) in [6, 6.07) is 7.17. The van der Waals surface area contributed by atoms with Crippen molar-refractivity contribution in [2.75, 3.05) is 0 Å². The van der Waals surface area contributed by atoms with E-state index in [0.29, 0.717) is 5.39 Å². The van der Waals surface area contributed by atoms with Crippen LogP contribution >= 0.6 is 0 Å². The summed E-state index contributed by atoms with van der Waals surface area (Å²) in [5, 5.41) is 30.0. The fourth-order valence-corrected chi connectivity index (χ4v) is 1.89. The Morgan fingerprint density at radius 2 is 1.77 bits per heavy atom. The van der Waals surface area contributed by atoms with Gasteiger partial charge in [-0.25, -0.2) is 0 Å². The minimum atomic E-state index is -0.974. The van der Waals surface area contributed by atoms with Crippen LogP contribution in [-0.2, 0) is 0 Å². The van der Waals surface area contributed by atoms with Gasteiger partial charge in [-0.3, -0.25) is 10.1 Å². The number of hydrogen-bond acceptors (Lipinski definition) is 5. The van der Waals surface area contributed by atoms with Gasteiger partial charge in [-0.1, -0.05) is 30.3 Å². The lowest BCUT2D eigenvalue weighted by Gasteiger charge is -2.03. The smallest absolute Gasteiger partial charge is 0.269 e. The molecule has 22 heavy (non-hydrogen) atoms. The van der Waals surface area contributed by atoms with Gasteiger partial charge in [0.05, 0.1) is 16.1 Å². The maximum atomic E-state index is 10.9. The molecule has 0 amide bonds. The minimum absolute atomic E-state index is 0.0957. The highest BCUT2D eigenvalue weighted by Crippen LogP contribution is 2.36. The van der Waals surface area contributed by atoms with Crippen LogP contribution in [0.5, 0.6) is 5.75 Å². The van der Waals surface area contributed by atoms with E-state index in [4.69, 9.17) is 5.48 Å². The maximum Gasteiger partial charge on any atom is 0.269 e. The molecule has 0 fully saturated rings. The van der Waals surface area contributed by atoms with E-state index >= 15 is 0 Å². The van der Waals surface area contributed by atoms with Crippen molar-refractivity contribution in [2.24, 2.45) is 10.2 Å². The van der Waals surface area contributed by atoms with Gasteiger partial charge in [-0.2, -0.15) is 5.11 Å². The van der Waals surface area contributed by atoms with E-state index in [1.807, 2.05) is 0 Å². The Kier molecular flexibility index (Phi) is 2.45. The number of aromatic hydroxyl groups is 1. The first kappa shape index (κ1) is 9.62. The first-order valence-electron chi connectivity index (χ1n) is 8.20. The molecule has 6 nitrogen and oxygen atoms in total. The molecule has 0 aromatic heterocycles. The zero-order chi connectivity index (χ0) is 19.0. The Hall–Kier alpha value is -3.28. The second kappa shape index (κ2) is 5.61. The minimum Gasteiger partial charge on any atom is -0.506 e. The Morgan fingerprint density at radius 1 is 1.05 bits per heavy atom. The van der Waals surface area contributed by atoms with Gasteiger partial charge in [0.1, 0.15) is 11.4 Å². The highest BCUT2D eigenvalue weighted by Gasteiger charge is 2.06. The number of phenolic OH excluding ortho intramolecular Hbond substituents is 1. The molecule has 0 radical (unpaired) electrons. The fraction of sp³-hybridized carbons (Fsp3) is 0. The lowest BCUT2D eigenvalue weighted by molar-refractivity contribution is -0.384. The van der Waals surface area contributed by atoms with E-state index in [1.54, 1.807) is 30.3 Å². The lowest BCUT2D eigenvalue weighted by atomic mass is 10.1.